The summed E-state index contributed by atoms with van der Waals surface area (Å²) >= 11 is 1.25. The number of halogens is 1. The fourth-order valence-corrected chi connectivity index (χ4v) is 3.16. The van der Waals surface area contributed by atoms with Gasteiger partial charge in [0.05, 0.1) is 12.1 Å². The summed E-state index contributed by atoms with van der Waals surface area (Å²) in [5, 5.41) is 12.9. The van der Waals surface area contributed by atoms with Gasteiger partial charge in [-0.2, -0.15) is 0 Å². The first-order chi connectivity index (χ1) is 9.33. The quantitative estimate of drug-likeness (QED) is 0.839. The van der Waals surface area contributed by atoms with E-state index in [4.69, 9.17) is 0 Å². The van der Waals surface area contributed by atoms with Crippen molar-refractivity contribution in [2.24, 2.45) is 10.9 Å². The van der Waals surface area contributed by atoms with Crippen LogP contribution in [0.4, 0.5) is 4.39 Å². The third kappa shape index (κ3) is 2.96. The Morgan fingerprint density at radius 1 is 1.60 bits per heavy atom. The summed E-state index contributed by atoms with van der Waals surface area (Å²) in [5.74, 6) is -0.321. The summed E-state index contributed by atoms with van der Waals surface area (Å²) < 4.78 is 12.0. The highest BCUT2D eigenvalue weighted by atomic mass is 32.2. The van der Waals surface area contributed by atoms with Crippen LogP contribution in [0.15, 0.2) is 29.0 Å². The predicted molar refractivity (Wildman–Crippen MR) is 79.2 cm³/mol. The Labute approximate surface area is 122 Å². The van der Waals surface area contributed by atoms with Crippen LogP contribution in [-0.2, 0) is 4.79 Å². The zero-order valence-electron chi connectivity index (χ0n) is 11.8. The number of amides is 1. The highest BCUT2D eigenvalue weighted by Gasteiger charge is 2.46. The lowest BCUT2D eigenvalue weighted by Gasteiger charge is -2.22. The Hall–Kier alpha value is -1.14. The number of hydrogen-bond acceptors (Lipinski definition) is 4. The van der Waals surface area contributed by atoms with Crippen molar-refractivity contribution in [3.8, 4) is 0 Å². The van der Waals surface area contributed by atoms with Crippen LogP contribution in [0.25, 0.3) is 0 Å². The van der Waals surface area contributed by atoms with Gasteiger partial charge in [0, 0.05) is 5.92 Å². The molecule has 0 aromatic heterocycles. The third-order valence-corrected chi connectivity index (χ3v) is 5.16. The van der Waals surface area contributed by atoms with Crippen molar-refractivity contribution >= 4 is 22.8 Å². The molecular weight excluding hydrogens is 279 g/mol. The van der Waals surface area contributed by atoms with Gasteiger partial charge < -0.3 is 10.4 Å². The molecule has 0 aromatic carbocycles. The second-order valence-electron chi connectivity index (χ2n) is 5.36. The number of allylic oxidation sites excluding steroid dienone is 3. The van der Waals surface area contributed by atoms with Gasteiger partial charge in [-0.1, -0.05) is 17.8 Å². The van der Waals surface area contributed by atoms with Gasteiger partial charge in [-0.3, -0.25) is 9.79 Å². The molecular formula is C14H19FN2O2S. The number of aliphatic hydroxyl groups excluding tert-OH is 1. The molecule has 6 heteroatoms. The van der Waals surface area contributed by atoms with E-state index in [-0.39, 0.29) is 23.7 Å². The number of hydrogen-bond donors (Lipinski definition) is 2. The summed E-state index contributed by atoms with van der Waals surface area (Å²) in [4.78, 5) is 16.4. The normalized spacial score (nSPS) is 34.9. The van der Waals surface area contributed by atoms with Crippen molar-refractivity contribution in [2.45, 2.75) is 44.1 Å². The molecule has 1 amide bonds. The summed E-state index contributed by atoms with van der Waals surface area (Å²) in [7, 11) is 0. The average Bonchev–Trinajstić information content (AvgIpc) is 2.66. The fourth-order valence-electron chi connectivity index (χ4n) is 2.08. The van der Waals surface area contributed by atoms with Crippen molar-refractivity contribution in [1.29, 1.82) is 0 Å². The maximum Gasteiger partial charge on any atom is 0.245 e. The second kappa shape index (κ2) is 5.69. The van der Waals surface area contributed by atoms with Gasteiger partial charge in [0.15, 0.2) is 5.17 Å². The summed E-state index contributed by atoms with van der Waals surface area (Å²) in [6.07, 6.45) is 4.64. The summed E-state index contributed by atoms with van der Waals surface area (Å²) in [6.45, 7) is 5.23. The highest BCUT2D eigenvalue weighted by Crippen LogP contribution is 2.35. The zero-order chi connectivity index (χ0) is 14.9. The lowest BCUT2D eigenvalue weighted by molar-refractivity contribution is -0.123. The number of carbonyl (C=O) groups excluding carboxylic acids is 1. The molecule has 1 aliphatic heterocycles. The van der Waals surface area contributed by atoms with E-state index >= 15 is 0 Å². The van der Waals surface area contributed by atoms with E-state index in [0.29, 0.717) is 11.6 Å². The molecule has 0 saturated carbocycles. The van der Waals surface area contributed by atoms with E-state index in [1.54, 1.807) is 26.0 Å². The highest BCUT2D eigenvalue weighted by molar-refractivity contribution is 8.16. The molecule has 0 radical (unpaired) electrons. The minimum Gasteiger partial charge on any atom is -0.391 e. The Morgan fingerprint density at radius 3 is 2.80 bits per heavy atom. The number of nitrogens with one attached hydrogen (secondary N) is 1. The second-order valence-corrected chi connectivity index (χ2v) is 6.80. The van der Waals surface area contributed by atoms with Gasteiger partial charge in [0.25, 0.3) is 0 Å². The largest absolute Gasteiger partial charge is 0.391 e. The number of aliphatic hydroxyl groups is 1. The number of rotatable bonds is 3. The van der Waals surface area contributed by atoms with Crippen molar-refractivity contribution in [3.05, 3.63) is 24.1 Å². The number of amidine groups is 1. The third-order valence-electron chi connectivity index (χ3n) is 3.81. The Bertz CT molecular complexity index is 501. The van der Waals surface area contributed by atoms with Crippen LogP contribution in [0.1, 0.15) is 27.2 Å². The molecule has 1 heterocycles. The molecule has 1 fully saturated rings. The Morgan fingerprint density at radius 2 is 2.30 bits per heavy atom. The standard InChI is InChI=1S/C14H19FN2O2S/c1-8(10-4-6-11(15)7-5-10)16-13-17-12(19)14(3,20-13)9(2)18/h4,6-10,18H,5H2,1-3H3,(H,16,17,19)/t8-,9?,10?,14?/m0/s1. The van der Waals surface area contributed by atoms with E-state index in [2.05, 4.69) is 10.3 Å². The maximum absolute atomic E-state index is 12.9. The van der Waals surface area contributed by atoms with Crippen molar-refractivity contribution < 1.29 is 14.3 Å². The molecule has 4 nitrogen and oxygen atoms in total. The molecule has 2 aliphatic rings. The Kier molecular flexibility index (Phi) is 4.34. The van der Waals surface area contributed by atoms with Crippen molar-refractivity contribution in [2.75, 3.05) is 0 Å². The van der Waals surface area contributed by atoms with Crippen LogP contribution in [0, 0.1) is 5.92 Å². The SMILES string of the molecule is CC(O)C1(C)SC(=N[C@@H](C)C2C=CC(F)=CC2)NC1=O. The van der Waals surface area contributed by atoms with Crippen LogP contribution >= 0.6 is 11.8 Å². The maximum atomic E-state index is 12.9. The number of aliphatic imine (C=N–C) groups is 1. The number of carbonyl (C=O) groups is 1. The molecule has 0 spiro atoms. The minimum atomic E-state index is -0.896. The minimum absolute atomic E-state index is 0.0604. The molecule has 2 N–H and O–H groups in total. The number of nitrogens with zero attached hydrogens (tertiary/aromatic N) is 1. The van der Waals surface area contributed by atoms with Crippen molar-refractivity contribution in [1.82, 2.24) is 5.32 Å². The molecule has 3 unspecified atom stereocenters. The van der Waals surface area contributed by atoms with E-state index in [9.17, 15) is 14.3 Å². The predicted octanol–water partition coefficient (Wildman–Crippen LogP) is 2.16. The number of thioether (sulfide) groups is 1. The first-order valence-corrected chi connectivity index (χ1v) is 7.45. The summed E-state index contributed by atoms with van der Waals surface area (Å²) in [6, 6.07) is -0.0604. The fraction of sp³-hybridized carbons (Fsp3) is 0.571. The monoisotopic (exact) mass is 298 g/mol. The molecule has 2 rings (SSSR count). The molecule has 0 bridgehead atoms. The van der Waals surface area contributed by atoms with Crippen LogP contribution < -0.4 is 5.32 Å². The molecule has 4 atom stereocenters. The zero-order valence-corrected chi connectivity index (χ0v) is 12.6. The van der Waals surface area contributed by atoms with Gasteiger partial charge in [-0.05, 0) is 39.3 Å². The van der Waals surface area contributed by atoms with Crippen LogP contribution in [0.3, 0.4) is 0 Å². The van der Waals surface area contributed by atoms with Crippen molar-refractivity contribution in [3.63, 3.8) is 0 Å². The first kappa shape index (κ1) is 15.3. The van der Waals surface area contributed by atoms with Gasteiger partial charge in [-0.25, -0.2) is 4.39 Å². The van der Waals surface area contributed by atoms with E-state index in [1.165, 1.54) is 17.8 Å². The van der Waals surface area contributed by atoms with Gasteiger partial charge in [-0.15, -0.1) is 0 Å². The average molecular weight is 298 g/mol. The lowest BCUT2D eigenvalue weighted by Crippen LogP contribution is -2.42. The molecule has 110 valence electrons. The van der Waals surface area contributed by atoms with Crippen LogP contribution in [0.5, 0.6) is 0 Å². The lowest BCUT2D eigenvalue weighted by atomic mass is 9.94. The van der Waals surface area contributed by atoms with E-state index < -0.39 is 10.9 Å². The van der Waals surface area contributed by atoms with Gasteiger partial charge in [0.1, 0.15) is 10.6 Å². The van der Waals surface area contributed by atoms with E-state index in [0.717, 1.165) is 0 Å². The summed E-state index contributed by atoms with van der Waals surface area (Å²) in [5.41, 5.74) is 0. The molecule has 0 aromatic rings. The van der Waals surface area contributed by atoms with E-state index in [1.807, 2.05) is 6.92 Å². The van der Waals surface area contributed by atoms with Crippen LogP contribution in [0.2, 0.25) is 0 Å². The smallest absolute Gasteiger partial charge is 0.245 e. The van der Waals surface area contributed by atoms with Crippen LogP contribution in [-0.4, -0.2) is 33.1 Å². The molecule has 1 aliphatic carbocycles. The molecule has 20 heavy (non-hydrogen) atoms. The van der Waals surface area contributed by atoms with Gasteiger partial charge in [0.2, 0.25) is 5.91 Å². The Balaban J connectivity index is 2.06. The first-order valence-electron chi connectivity index (χ1n) is 6.63. The topological polar surface area (TPSA) is 61.7 Å². The molecule has 1 saturated heterocycles. The van der Waals surface area contributed by atoms with Gasteiger partial charge >= 0.3 is 0 Å².